The van der Waals surface area contributed by atoms with Gasteiger partial charge < -0.3 is 9.47 Å². The summed E-state index contributed by atoms with van der Waals surface area (Å²) in [5, 5.41) is 7.90. The summed E-state index contributed by atoms with van der Waals surface area (Å²) in [6.07, 6.45) is 2.71. The van der Waals surface area contributed by atoms with Gasteiger partial charge >= 0.3 is 0 Å². The lowest BCUT2D eigenvalue weighted by Gasteiger charge is -2.16. The molecule has 0 saturated heterocycles. The van der Waals surface area contributed by atoms with Crippen LogP contribution in [-0.2, 0) is 16.0 Å². The van der Waals surface area contributed by atoms with Gasteiger partial charge in [0.2, 0.25) is 0 Å². The largest absolute Gasteiger partial charge is 0.382 e. The summed E-state index contributed by atoms with van der Waals surface area (Å²) in [7, 11) is 1.64. The van der Waals surface area contributed by atoms with E-state index in [1.54, 1.807) is 13.3 Å². The Kier molecular flexibility index (Phi) is 6.71. The van der Waals surface area contributed by atoms with Crippen LogP contribution in [0.25, 0.3) is 0 Å². The van der Waals surface area contributed by atoms with Crippen molar-refractivity contribution in [1.82, 2.24) is 20.4 Å². The fourth-order valence-corrected chi connectivity index (χ4v) is 1.48. The fourth-order valence-electron chi connectivity index (χ4n) is 1.48. The van der Waals surface area contributed by atoms with Crippen LogP contribution in [0.15, 0.2) is 6.20 Å². The molecule has 0 radical (unpaired) electrons. The molecule has 3 N–H and O–H groups in total. The smallest absolute Gasteiger partial charge is 0.0878 e. The normalized spacial score (nSPS) is 12.9. The van der Waals surface area contributed by atoms with E-state index >= 15 is 0 Å². The number of nitrogens with two attached hydrogens (primary N) is 1. The Balaban J connectivity index is 2.50. The van der Waals surface area contributed by atoms with Gasteiger partial charge in [-0.25, -0.2) is 10.1 Å². The molecular formula is C10H21N5O2. The fraction of sp³-hybridized carbons (Fsp3) is 0.800. The lowest BCUT2D eigenvalue weighted by molar-refractivity contribution is 0.0573. The summed E-state index contributed by atoms with van der Waals surface area (Å²) in [6, 6.07) is -0.103. The van der Waals surface area contributed by atoms with Crippen LogP contribution in [0.5, 0.6) is 0 Å². The van der Waals surface area contributed by atoms with E-state index < -0.39 is 0 Å². The molecule has 1 aromatic rings. The van der Waals surface area contributed by atoms with Crippen molar-refractivity contribution >= 4 is 0 Å². The van der Waals surface area contributed by atoms with Gasteiger partial charge in [-0.1, -0.05) is 12.1 Å². The second-order valence-electron chi connectivity index (χ2n) is 3.67. The van der Waals surface area contributed by atoms with Crippen molar-refractivity contribution in [3.8, 4) is 0 Å². The summed E-state index contributed by atoms with van der Waals surface area (Å²) in [4.78, 5) is 0. The topological polar surface area (TPSA) is 87.2 Å². The average molecular weight is 243 g/mol. The van der Waals surface area contributed by atoms with E-state index in [0.717, 1.165) is 18.7 Å². The highest BCUT2D eigenvalue weighted by atomic mass is 16.5. The van der Waals surface area contributed by atoms with Crippen LogP contribution in [0.3, 0.4) is 0 Å². The Morgan fingerprint density at radius 2 is 2.35 bits per heavy atom. The Labute approximate surface area is 101 Å². The SMILES string of the molecule is CCCn1nncc1C(COCCOC)NN. The monoisotopic (exact) mass is 243 g/mol. The van der Waals surface area contributed by atoms with Gasteiger partial charge in [-0.05, 0) is 6.42 Å². The van der Waals surface area contributed by atoms with Crippen molar-refractivity contribution in [2.45, 2.75) is 25.9 Å². The molecule has 0 fully saturated rings. The van der Waals surface area contributed by atoms with Crippen LogP contribution >= 0.6 is 0 Å². The van der Waals surface area contributed by atoms with Gasteiger partial charge in [-0.2, -0.15) is 0 Å². The molecule has 1 aromatic heterocycles. The summed E-state index contributed by atoms with van der Waals surface area (Å²) in [5.41, 5.74) is 3.65. The standard InChI is InChI=1S/C10H21N5O2/c1-3-4-15-10(7-12-14-15)9(13-11)8-17-6-5-16-2/h7,9,13H,3-6,8,11H2,1-2H3. The van der Waals surface area contributed by atoms with Crippen molar-refractivity contribution in [1.29, 1.82) is 0 Å². The first-order chi connectivity index (χ1) is 8.33. The molecule has 0 aliphatic rings. The number of nitrogens with zero attached hydrogens (tertiary/aromatic N) is 3. The minimum atomic E-state index is -0.103. The van der Waals surface area contributed by atoms with Crippen LogP contribution in [0.4, 0.5) is 0 Å². The van der Waals surface area contributed by atoms with E-state index in [2.05, 4.69) is 22.7 Å². The van der Waals surface area contributed by atoms with E-state index in [0.29, 0.717) is 19.8 Å². The number of ether oxygens (including phenoxy) is 2. The molecule has 1 heterocycles. The Morgan fingerprint density at radius 3 is 3.00 bits per heavy atom. The summed E-state index contributed by atoms with van der Waals surface area (Å²) in [6.45, 7) is 4.50. The molecule has 0 aliphatic heterocycles. The van der Waals surface area contributed by atoms with E-state index in [-0.39, 0.29) is 6.04 Å². The van der Waals surface area contributed by atoms with Gasteiger partial charge in [-0.3, -0.25) is 5.84 Å². The number of hydrogen-bond donors (Lipinski definition) is 2. The highest BCUT2D eigenvalue weighted by Gasteiger charge is 2.15. The van der Waals surface area contributed by atoms with Gasteiger partial charge in [0, 0.05) is 13.7 Å². The molecule has 17 heavy (non-hydrogen) atoms. The van der Waals surface area contributed by atoms with E-state index in [1.807, 2.05) is 4.68 Å². The molecular weight excluding hydrogens is 222 g/mol. The van der Waals surface area contributed by atoms with Gasteiger partial charge in [0.25, 0.3) is 0 Å². The first-order valence-electron chi connectivity index (χ1n) is 5.74. The lowest BCUT2D eigenvalue weighted by atomic mass is 10.2. The third kappa shape index (κ3) is 4.39. The van der Waals surface area contributed by atoms with Gasteiger partial charge in [-0.15, -0.1) is 5.10 Å². The molecule has 0 aliphatic carbocycles. The molecule has 0 saturated carbocycles. The summed E-state index contributed by atoms with van der Waals surface area (Å²) < 4.78 is 12.2. The Hall–Kier alpha value is -1.02. The predicted octanol–water partition coefficient (Wildman–Crippen LogP) is -0.144. The van der Waals surface area contributed by atoms with Crippen molar-refractivity contribution in [3.63, 3.8) is 0 Å². The molecule has 0 amide bonds. The minimum Gasteiger partial charge on any atom is -0.382 e. The molecule has 7 heteroatoms. The van der Waals surface area contributed by atoms with Crippen molar-refractivity contribution < 1.29 is 9.47 Å². The Bertz CT molecular complexity index is 305. The van der Waals surface area contributed by atoms with E-state index in [9.17, 15) is 0 Å². The highest BCUT2D eigenvalue weighted by Crippen LogP contribution is 2.11. The number of aryl methyl sites for hydroxylation is 1. The summed E-state index contributed by atoms with van der Waals surface area (Å²) in [5.74, 6) is 5.51. The van der Waals surface area contributed by atoms with Crippen LogP contribution < -0.4 is 11.3 Å². The molecule has 1 unspecified atom stereocenters. The number of hydrogen-bond acceptors (Lipinski definition) is 6. The third-order valence-electron chi connectivity index (χ3n) is 2.36. The zero-order valence-electron chi connectivity index (χ0n) is 10.4. The van der Waals surface area contributed by atoms with Crippen molar-refractivity contribution in [2.75, 3.05) is 26.9 Å². The Morgan fingerprint density at radius 1 is 1.53 bits per heavy atom. The van der Waals surface area contributed by atoms with Crippen LogP contribution in [0, 0.1) is 0 Å². The molecule has 7 nitrogen and oxygen atoms in total. The van der Waals surface area contributed by atoms with E-state index in [4.69, 9.17) is 15.3 Å². The van der Waals surface area contributed by atoms with Crippen molar-refractivity contribution in [2.24, 2.45) is 5.84 Å². The van der Waals surface area contributed by atoms with Crippen LogP contribution in [0.2, 0.25) is 0 Å². The highest BCUT2D eigenvalue weighted by molar-refractivity contribution is 5.01. The molecule has 1 rings (SSSR count). The van der Waals surface area contributed by atoms with Crippen LogP contribution in [-0.4, -0.2) is 41.9 Å². The molecule has 0 bridgehead atoms. The van der Waals surface area contributed by atoms with Gasteiger partial charge in [0.1, 0.15) is 0 Å². The zero-order chi connectivity index (χ0) is 12.5. The number of methoxy groups -OCH3 is 1. The maximum Gasteiger partial charge on any atom is 0.0878 e. The first-order valence-corrected chi connectivity index (χ1v) is 5.74. The quantitative estimate of drug-likeness (QED) is 0.356. The van der Waals surface area contributed by atoms with Gasteiger partial charge in [0.05, 0.1) is 37.8 Å². The molecule has 1 atom stereocenters. The summed E-state index contributed by atoms with van der Waals surface area (Å²) >= 11 is 0. The lowest BCUT2D eigenvalue weighted by Crippen LogP contribution is -2.33. The number of hydrazine groups is 1. The average Bonchev–Trinajstić information content (AvgIpc) is 2.78. The second-order valence-corrected chi connectivity index (χ2v) is 3.67. The zero-order valence-corrected chi connectivity index (χ0v) is 10.4. The maximum absolute atomic E-state index is 5.51. The van der Waals surface area contributed by atoms with Crippen LogP contribution in [0.1, 0.15) is 25.1 Å². The molecule has 0 spiro atoms. The number of nitrogens with one attached hydrogen (secondary N) is 1. The number of aromatic nitrogens is 3. The van der Waals surface area contributed by atoms with Crippen molar-refractivity contribution in [3.05, 3.63) is 11.9 Å². The minimum absolute atomic E-state index is 0.103. The molecule has 98 valence electrons. The maximum atomic E-state index is 5.51. The predicted molar refractivity (Wildman–Crippen MR) is 63.1 cm³/mol. The van der Waals surface area contributed by atoms with E-state index in [1.165, 1.54) is 0 Å². The third-order valence-corrected chi connectivity index (χ3v) is 2.36. The number of rotatable bonds is 9. The second kappa shape index (κ2) is 8.13. The first kappa shape index (κ1) is 14.0. The molecule has 0 aromatic carbocycles. The van der Waals surface area contributed by atoms with Gasteiger partial charge in [0.15, 0.2) is 0 Å².